The molecule has 0 spiro atoms. The zero-order valence-corrected chi connectivity index (χ0v) is 18.9. The van der Waals surface area contributed by atoms with Crippen LogP contribution in [-0.2, 0) is 26.9 Å². The van der Waals surface area contributed by atoms with Crippen molar-refractivity contribution in [1.29, 1.82) is 0 Å². The minimum absolute atomic E-state index is 0.0248. The summed E-state index contributed by atoms with van der Waals surface area (Å²) in [5, 5.41) is 3.95. The molecule has 164 valence electrons. The van der Waals surface area contributed by atoms with Gasteiger partial charge in [-0.2, -0.15) is 0 Å². The van der Waals surface area contributed by atoms with E-state index in [1.807, 2.05) is 6.07 Å². The third kappa shape index (κ3) is 4.79. The van der Waals surface area contributed by atoms with Gasteiger partial charge in [0.1, 0.15) is 12.3 Å². The van der Waals surface area contributed by atoms with Crippen LogP contribution >= 0.6 is 11.6 Å². The Balaban J connectivity index is 1.60. The highest BCUT2D eigenvalue weighted by Gasteiger charge is 2.22. The van der Waals surface area contributed by atoms with Gasteiger partial charge in [0.05, 0.1) is 17.8 Å². The second kappa shape index (κ2) is 9.06. The summed E-state index contributed by atoms with van der Waals surface area (Å²) < 4.78 is 33.2. The molecule has 32 heavy (non-hydrogen) atoms. The fourth-order valence-electron chi connectivity index (χ4n) is 3.50. The number of ether oxygens (including phenoxy) is 1. The lowest BCUT2D eigenvalue weighted by Crippen LogP contribution is -2.18. The number of benzene rings is 3. The first-order valence-electron chi connectivity index (χ1n) is 9.85. The number of methoxy groups -OCH3 is 1. The summed E-state index contributed by atoms with van der Waals surface area (Å²) in [5.74, 6) is 0.267. The molecule has 4 rings (SSSR count). The molecule has 1 aromatic heterocycles. The van der Waals surface area contributed by atoms with E-state index in [1.165, 1.54) is 6.20 Å². The molecule has 4 aromatic rings. The number of halogens is 1. The van der Waals surface area contributed by atoms with Gasteiger partial charge < -0.3 is 14.6 Å². The van der Waals surface area contributed by atoms with Gasteiger partial charge in [-0.25, -0.2) is 8.42 Å². The maximum absolute atomic E-state index is 13.2. The number of aromatic nitrogens is 1. The van der Waals surface area contributed by atoms with E-state index < -0.39 is 9.84 Å². The van der Waals surface area contributed by atoms with Crippen molar-refractivity contribution in [3.05, 3.63) is 89.6 Å². The molecule has 3 aromatic carbocycles. The van der Waals surface area contributed by atoms with Crippen LogP contribution < -0.4 is 10.1 Å². The SMILES string of the molecule is COc1ccc(NC(=O)Cn2cc(S(=O)(=O)Cc3ccc(Cl)cc3)c3ccccc32)cc1. The Kier molecular flexibility index (Phi) is 6.21. The molecule has 0 unspecified atom stereocenters. The third-order valence-corrected chi connectivity index (χ3v) is 7.01. The lowest BCUT2D eigenvalue weighted by Gasteiger charge is -2.08. The first kappa shape index (κ1) is 21.9. The van der Waals surface area contributed by atoms with Gasteiger partial charge in [-0.15, -0.1) is 0 Å². The van der Waals surface area contributed by atoms with Crippen molar-refractivity contribution in [2.75, 3.05) is 12.4 Å². The molecule has 0 bridgehead atoms. The highest BCUT2D eigenvalue weighted by atomic mass is 35.5. The predicted molar refractivity (Wildman–Crippen MR) is 126 cm³/mol. The smallest absolute Gasteiger partial charge is 0.244 e. The molecule has 1 heterocycles. The Labute approximate surface area is 191 Å². The number of carbonyl (C=O) groups excluding carboxylic acids is 1. The van der Waals surface area contributed by atoms with E-state index in [0.29, 0.717) is 32.9 Å². The highest BCUT2D eigenvalue weighted by molar-refractivity contribution is 7.90. The number of amides is 1. The van der Waals surface area contributed by atoms with E-state index in [2.05, 4.69) is 5.32 Å². The number of nitrogens with one attached hydrogen (secondary N) is 1. The van der Waals surface area contributed by atoms with Crippen LogP contribution in [0.2, 0.25) is 5.02 Å². The maximum atomic E-state index is 13.2. The van der Waals surface area contributed by atoms with Gasteiger partial charge >= 0.3 is 0 Å². The summed E-state index contributed by atoms with van der Waals surface area (Å²) in [5.41, 5.74) is 1.94. The first-order valence-corrected chi connectivity index (χ1v) is 11.9. The average molecular weight is 469 g/mol. The standard InChI is InChI=1S/C24H21ClN2O4S/c1-31-20-12-10-19(11-13-20)26-24(28)15-27-14-23(21-4-2-3-5-22(21)27)32(29,30)16-17-6-8-18(25)9-7-17/h2-14H,15-16H2,1H3,(H,26,28). The predicted octanol–water partition coefficient (Wildman–Crippen LogP) is 4.92. The maximum Gasteiger partial charge on any atom is 0.244 e. The summed E-state index contributed by atoms with van der Waals surface area (Å²) in [6.07, 6.45) is 1.53. The molecule has 1 amide bonds. The largest absolute Gasteiger partial charge is 0.497 e. The molecule has 1 N–H and O–H groups in total. The van der Waals surface area contributed by atoms with Gasteiger partial charge in [-0.05, 0) is 48.0 Å². The lowest BCUT2D eigenvalue weighted by molar-refractivity contribution is -0.116. The summed E-state index contributed by atoms with van der Waals surface area (Å²) in [7, 11) is -2.07. The molecular formula is C24H21ClN2O4S. The number of rotatable bonds is 7. The van der Waals surface area contributed by atoms with Crippen molar-refractivity contribution in [3.8, 4) is 5.75 Å². The second-order valence-corrected chi connectivity index (χ2v) is 9.70. The summed E-state index contributed by atoms with van der Waals surface area (Å²) in [4.78, 5) is 12.8. The Morgan fingerprint density at radius 3 is 2.38 bits per heavy atom. The van der Waals surface area contributed by atoms with Crippen molar-refractivity contribution in [2.45, 2.75) is 17.2 Å². The van der Waals surface area contributed by atoms with Crippen LogP contribution in [0, 0.1) is 0 Å². The van der Waals surface area contributed by atoms with Crippen molar-refractivity contribution in [3.63, 3.8) is 0 Å². The molecule has 0 aliphatic rings. The fraction of sp³-hybridized carbons (Fsp3) is 0.125. The average Bonchev–Trinajstić information content (AvgIpc) is 3.15. The number of anilines is 1. The second-order valence-electron chi connectivity index (χ2n) is 7.30. The van der Waals surface area contributed by atoms with Gasteiger partial charge in [0.25, 0.3) is 0 Å². The number of sulfone groups is 1. The van der Waals surface area contributed by atoms with Crippen LogP contribution in [0.15, 0.2) is 83.9 Å². The molecule has 0 radical (unpaired) electrons. The van der Waals surface area contributed by atoms with Gasteiger partial charge in [0, 0.05) is 27.8 Å². The van der Waals surface area contributed by atoms with E-state index in [-0.39, 0.29) is 23.1 Å². The summed E-state index contributed by atoms with van der Waals surface area (Å²) >= 11 is 5.91. The number of hydrogen-bond donors (Lipinski definition) is 1. The Morgan fingerprint density at radius 2 is 1.69 bits per heavy atom. The fourth-order valence-corrected chi connectivity index (χ4v) is 5.21. The van der Waals surface area contributed by atoms with Gasteiger partial charge in [-0.3, -0.25) is 4.79 Å². The monoisotopic (exact) mass is 468 g/mol. The molecule has 0 saturated carbocycles. The zero-order chi connectivity index (χ0) is 22.7. The topological polar surface area (TPSA) is 77.4 Å². The van der Waals surface area contributed by atoms with Crippen molar-refractivity contribution in [1.82, 2.24) is 4.57 Å². The van der Waals surface area contributed by atoms with Gasteiger partial charge in [0.15, 0.2) is 9.84 Å². The normalized spacial score (nSPS) is 11.4. The van der Waals surface area contributed by atoms with Crippen LogP contribution in [0.3, 0.4) is 0 Å². The van der Waals surface area contributed by atoms with Crippen LogP contribution in [0.1, 0.15) is 5.56 Å². The van der Waals surface area contributed by atoms with Gasteiger partial charge in [0.2, 0.25) is 5.91 Å². The molecule has 6 nitrogen and oxygen atoms in total. The van der Waals surface area contributed by atoms with E-state index in [1.54, 1.807) is 78.4 Å². The number of fused-ring (bicyclic) bond motifs is 1. The van der Waals surface area contributed by atoms with E-state index >= 15 is 0 Å². The summed E-state index contributed by atoms with van der Waals surface area (Å²) in [6.45, 7) is -0.0248. The Morgan fingerprint density at radius 1 is 1.00 bits per heavy atom. The molecule has 0 fully saturated rings. The number of hydrogen-bond acceptors (Lipinski definition) is 4. The minimum Gasteiger partial charge on any atom is -0.497 e. The lowest BCUT2D eigenvalue weighted by atomic mass is 10.2. The van der Waals surface area contributed by atoms with E-state index in [4.69, 9.17) is 16.3 Å². The van der Waals surface area contributed by atoms with E-state index in [9.17, 15) is 13.2 Å². The van der Waals surface area contributed by atoms with Crippen molar-refractivity contribution < 1.29 is 17.9 Å². The molecule has 0 saturated heterocycles. The van der Waals surface area contributed by atoms with Crippen LogP contribution in [0.5, 0.6) is 5.75 Å². The molecule has 0 atom stereocenters. The number of para-hydroxylation sites is 1. The third-order valence-electron chi connectivity index (χ3n) is 5.04. The Bertz CT molecular complexity index is 1360. The minimum atomic E-state index is -3.64. The van der Waals surface area contributed by atoms with Crippen LogP contribution in [-0.4, -0.2) is 26.0 Å². The van der Waals surface area contributed by atoms with Crippen LogP contribution in [0.4, 0.5) is 5.69 Å². The molecule has 0 aliphatic heterocycles. The quantitative estimate of drug-likeness (QED) is 0.418. The zero-order valence-electron chi connectivity index (χ0n) is 17.3. The highest BCUT2D eigenvalue weighted by Crippen LogP contribution is 2.28. The molecule has 8 heteroatoms. The van der Waals surface area contributed by atoms with E-state index in [0.717, 1.165) is 0 Å². The first-order chi connectivity index (χ1) is 15.4. The van der Waals surface area contributed by atoms with Crippen molar-refractivity contribution >= 4 is 43.9 Å². The van der Waals surface area contributed by atoms with Gasteiger partial charge in [-0.1, -0.05) is 41.9 Å². The number of carbonyl (C=O) groups is 1. The molecule has 0 aliphatic carbocycles. The van der Waals surface area contributed by atoms with Crippen LogP contribution in [0.25, 0.3) is 10.9 Å². The Hall–Kier alpha value is -3.29. The molecular weight excluding hydrogens is 448 g/mol. The summed E-state index contributed by atoms with van der Waals surface area (Å²) in [6, 6.07) is 20.9. The number of nitrogens with zero attached hydrogens (tertiary/aromatic N) is 1. The van der Waals surface area contributed by atoms with Crippen molar-refractivity contribution in [2.24, 2.45) is 0 Å².